The van der Waals surface area contributed by atoms with Crippen LogP contribution < -0.4 is 5.73 Å². The van der Waals surface area contributed by atoms with Gasteiger partial charge in [0.15, 0.2) is 0 Å². The molecule has 0 saturated heterocycles. The summed E-state index contributed by atoms with van der Waals surface area (Å²) in [4.78, 5) is 9.77. The Morgan fingerprint density at radius 3 is 1.82 bits per heavy atom. The average Bonchev–Trinajstić information content (AvgIpc) is 2.72. The summed E-state index contributed by atoms with van der Waals surface area (Å²) in [5.41, 5.74) is 4.72. The van der Waals surface area contributed by atoms with Crippen LogP contribution in [0, 0.1) is 11.8 Å². The number of carbonyl (C=O) groups is 1. The lowest BCUT2D eigenvalue weighted by Crippen LogP contribution is -2.09. The van der Waals surface area contributed by atoms with Crippen molar-refractivity contribution in [3.8, 4) is 0 Å². The van der Waals surface area contributed by atoms with E-state index in [0.29, 0.717) is 12.2 Å². The molecule has 2 nitrogen and oxygen atoms in total. The maximum atomic E-state index is 9.77. The molecule has 3 heteroatoms. The van der Waals surface area contributed by atoms with Crippen molar-refractivity contribution < 1.29 is 4.79 Å². The van der Waals surface area contributed by atoms with Crippen molar-refractivity contribution in [1.29, 1.82) is 0 Å². The molecule has 0 aromatic heterocycles. The van der Waals surface area contributed by atoms with Gasteiger partial charge in [0.05, 0.1) is 0 Å². The molecule has 0 heterocycles. The molecular weight excluding hydrogens is 230 g/mol. The van der Waals surface area contributed by atoms with E-state index in [9.17, 15) is 4.79 Å². The SMILES string of the molecule is CC(C)C1CCCC1.CCC.NC(=O)CCS. The quantitative estimate of drug-likeness (QED) is 0.740. The first-order chi connectivity index (χ1) is 7.99. The summed E-state index contributed by atoms with van der Waals surface area (Å²) < 4.78 is 0. The van der Waals surface area contributed by atoms with Crippen molar-refractivity contribution in [3.05, 3.63) is 0 Å². The van der Waals surface area contributed by atoms with E-state index in [-0.39, 0.29) is 5.91 Å². The number of hydrogen-bond donors (Lipinski definition) is 2. The van der Waals surface area contributed by atoms with Crippen molar-refractivity contribution in [1.82, 2.24) is 0 Å². The van der Waals surface area contributed by atoms with Crippen LogP contribution in [0.25, 0.3) is 0 Å². The normalized spacial score (nSPS) is 14.7. The fourth-order valence-electron chi connectivity index (χ4n) is 1.73. The molecule has 1 aliphatic rings. The monoisotopic (exact) mass is 261 g/mol. The topological polar surface area (TPSA) is 43.1 Å². The second-order valence-electron chi connectivity index (χ2n) is 4.94. The van der Waals surface area contributed by atoms with E-state index in [1.54, 1.807) is 0 Å². The first-order valence-corrected chi connectivity index (χ1v) is 7.51. The van der Waals surface area contributed by atoms with E-state index < -0.39 is 0 Å². The minimum Gasteiger partial charge on any atom is -0.370 e. The molecule has 0 bridgehead atoms. The smallest absolute Gasteiger partial charge is 0.218 e. The van der Waals surface area contributed by atoms with Gasteiger partial charge in [-0.1, -0.05) is 59.8 Å². The van der Waals surface area contributed by atoms with Gasteiger partial charge in [-0.2, -0.15) is 12.6 Å². The second kappa shape index (κ2) is 13.9. The largest absolute Gasteiger partial charge is 0.370 e. The Morgan fingerprint density at radius 2 is 1.71 bits per heavy atom. The zero-order valence-corrected chi connectivity index (χ0v) is 12.9. The van der Waals surface area contributed by atoms with Gasteiger partial charge in [-0.3, -0.25) is 4.79 Å². The Balaban J connectivity index is 0. The molecule has 1 fully saturated rings. The zero-order valence-electron chi connectivity index (χ0n) is 12.0. The van der Waals surface area contributed by atoms with Crippen LogP contribution in [0.4, 0.5) is 0 Å². The third-order valence-corrected chi connectivity index (χ3v) is 2.92. The average molecular weight is 261 g/mol. The van der Waals surface area contributed by atoms with Crippen LogP contribution in [0.2, 0.25) is 0 Å². The Bertz CT molecular complexity index is 166. The van der Waals surface area contributed by atoms with Gasteiger partial charge in [0.1, 0.15) is 0 Å². The summed E-state index contributed by atoms with van der Waals surface area (Å²) in [5.74, 6) is 2.27. The van der Waals surface area contributed by atoms with Crippen molar-refractivity contribution in [2.24, 2.45) is 17.6 Å². The van der Waals surface area contributed by atoms with Gasteiger partial charge in [-0.05, 0) is 17.6 Å². The third kappa shape index (κ3) is 15.8. The van der Waals surface area contributed by atoms with Crippen molar-refractivity contribution in [2.75, 3.05) is 5.75 Å². The molecule has 2 N–H and O–H groups in total. The summed E-state index contributed by atoms with van der Waals surface area (Å²) in [6, 6.07) is 0. The predicted molar refractivity (Wildman–Crippen MR) is 80.4 cm³/mol. The molecule has 104 valence electrons. The summed E-state index contributed by atoms with van der Waals surface area (Å²) in [7, 11) is 0. The van der Waals surface area contributed by atoms with Crippen LogP contribution >= 0.6 is 12.6 Å². The van der Waals surface area contributed by atoms with E-state index in [1.807, 2.05) is 0 Å². The maximum Gasteiger partial charge on any atom is 0.218 e. The molecular formula is C14H31NOS. The molecule has 0 atom stereocenters. The molecule has 1 amide bonds. The summed E-state index contributed by atoms with van der Waals surface area (Å²) in [6.07, 6.45) is 7.60. The summed E-state index contributed by atoms with van der Waals surface area (Å²) in [6.45, 7) is 8.94. The van der Waals surface area contributed by atoms with Crippen LogP contribution in [0.15, 0.2) is 0 Å². The first-order valence-electron chi connectivity index (χ1n) is 6.88. The lowest BCUT2D eigenvalue weighted by atomic mass is 9.95. The van der Waals surface area contributed by atoms with Gasteiger partial charge in [0.2, 0.25) is 5.91 Å². The molecule has 0 aromatic carbocycles. The minimum absolute atomic E-state index is 0.287. The number of carbonyl (C=O) groups excluding carboxylic acids is 1. The summed E-state index contributed by atoms with van der Waals surface area (Å²) in [5, 5.41) is 0. The number of thiol groups is 1. The lowest BCUT2D eigenvalue weighted by molar-refractivity contribution is -0.117. The maximum absolute atomic E-state index is 9.77. The first kappa shape index (κ1) is 19.2. The van der Waals surface area contributed by atoms with Crippen LogP contribution in [0.3, 0.4) is 0 Å². The zero-order chi connectivity index (χ0) is 13.7. The fraction of sp³-hybridized carbons (Fsp3) is 0.929. The fourth-order valence-corrected chi connectivity index (χ4v) is 1.95. The second-order valence-corrected chi connectivity index (χ2v) is 5.38. The highest BCUT2D eigenvalue weighted by molar-refractivity contribution is 7.80. The van der Waals surface area contributed by atoms with E-state index in [2.05, 4.69) is 40.3 Å². The van der Waals surface area contributed by atoms with Crippen LogP contribution in [-0.2, 0) is 4.79 Å². The number of rotatable bonds is 3. The van der Waals surface area contributed by atoms with Crippen molar-refractivity contribution in [3.63, 3.8) is 0 Å². The Hall–Kier alpha value is -0.180. The summed E-state index contributed by atoms with van der Waals surface area (Å²) >= 11 is 3.76. The molecule has 0 unspecified atom stereocenters. The van der Waals surface area contributed by atoms with E-state index in [1.165, 1.54) is 32.1 Å². The van der Waals surface area contributed by atoms with E-state index >= 15 is 0 Å². The minimum atomic E-state index is -0.287. The highest BCUT2D eigenvalue weighted by Gasteiger charge is 2.17. The molecule has 0 spiro atoms. The Kier molecular flexibility index (Phi) is 15.7. The number of amides is 1. The molecule has 1 saturated carbocycles. The lowest BCUT2D eigenvalue weighted by Gasteiger charge is -2.11. The number of primary amides is 1. The van der Waals surface area contributed by atoms with Gasteiger partial charge in [-0.15, -0.1) is 0 Å². The van der Waals surface area contributed by atoms with Gasteiger partial charge in [0, 0.05) is 6.42 Å². The van der Waals surface area contributed by atoms with Gasteiger partial charge in [-0.25, -0.2) is 0 Å². The molecule has 1 rings (SSSR count). The standard InChI is InChI=1S/C8H16.C3H7NOS.C3H8/c1-7(2)8-5-3-4-6-8;4-3(5)1-2-6;1-3-2/h7-8H,3-6H2,1-2H3;6H,1-2H2,(H2,4,5);3H2,1-2H3. The van der Waals surface area contributed by atoms with Gasteiger partial charge >= 0.3 is 0 Å². The third-order valence-electron chi connectivity index (χ3n) is 2.70. The van der Waals surface area contributed by atoms with Crippen molar-refractivity contribution in [2.45, 2.75) is 66.2 Å². The van der Waals surface area contributed by atoms with Crippen molar-refractivity contribution >= 4 is 18.5 Å². The molecule has 0 aromatic rings. The molecule has 17 heavy (non-hydrogen) atoms. The van der Waals surface area contributed by atoms with E-state index in [0.717, 1.165) is 11.8 Å². The van der Waals surface area contributed by atoms with Gasteiger partial charge < -0.3 is 5.73 Å². The molecule has 1 aliphatic carbocycles. The van der Waals surface area contributed by atoms with Crippen LogP contribution in [0.5, 0.6) is 0 Å². The Morgan fingerprint density at radius 1 is 1.29 bits per heavy atom. The Labute approximate surface area is 113 Å². The van der Waals surface area contributed by atoms with Crippen LogP contribution in [-0.4, -0.2) is 11.7 Å². The molecule has 0 radical (unpaired) electrons. The molecule has 0 aliphatic heterocycles. The predicted octanol–water partition coefficient (Wildman–Crippen LogP) is 4.04. The van der Waals surface area contributed by atoms with E-state index in [4.69, 9.17) is 5.73 Å². The number of hydrogen-bond acceptors (Lipinski definition) is 2. The van der Waals surface area contributed by atoms with Crippen LogP contribution in [0.1, 0.15) is 66.2 Å². The van der Waals surface area contributed by atoms with Gasteiger partial charge in [0.25, 0.3) is 0 Å². The highest BCUT2D eigenvalue weighted by atomic mass is 32.1. The number of nitrogens with two attached hydrogens (primary N) is 1. The highest BCUT2D eigenvalue weighted by Crippen LogP contribution is 2.30.